The lowest BCUT2D eigenvalue weighted by molar-refractivity contribution is 0.0994. The summed E-state index contributed by atoms with van der Waals surface area (Å²) in [7, 11) is 0. The fraction of sp³-hybridized carbons (Fsp3) is 0.429. The van der Waals surface area contributed by atoms with E-state index in [1.54, 1.807) is 12.3 Å². The number of rotatable bonds is 3. The third-order valence-electron chi connectivity index (χ3n) is 3.65. The molecule has 1 N–H and O–H groups in total. The van der Waals surface area contributed by atoms with Crippen molar-refractivity contribution in [3.8, 4) is 0 Å². The van der Waals surface area contributed by atoms with E-state index in [1.807, 2.05) is 17.7 Å². The number of anilines is 1. The number of carbonyl (C=O) groups is 1. The summed E-state index contributed by atoms with van der Waals surface area (Å²) in [5.41, 5.74) is 0.837. The van der Waals surface area contributed by atoms with Crippen molar-refractivity contribution >= 4 is 11.7 Å². The summed E-state index contributed by atoms with van der Waals surface area (Å²) in [5.74, 6) is 0.883. The van der Waals surface area contributed by atoms with Gasteiger partial charge in [-0.3, -0.25) is 4.79 Å². The van der Waals surface area contributed by atoms with Crippen LogP contribution in [0.2, 0.25) is 0 Å². The van der Waals surface area contributed by atoms with Crippen molar-refractivity contribution in [1.82, 2.24) is 9.78 Å². The minimum Gasteiger partial charge on any atom is -0.459 e. The van der Waals surface area contributed by atoms with E-state index >= 15 is 0 Å². The molecule has 0 unspecified atom stereocenters. The third kappa shape index (κ3) is 2.28. The molecule has 0 aliphatic heterocycles. The average Bonchev–Trinajstić information content (AvgIpc) is 3.07. The first-order chi connectivity index (χ1) is 9.25. The molecule has 100 valence electrons. The molecule has 5 nitrogen and oxygen atoms in total. The number of hydrogen-bond donors (Lipinski definition) is 1. The Morgan fingerprint density at radius 3 is 2.89 bits per heavy atom. The van der Waals surface area contributed by atoms with Gasteiger partial charge in [0.2, 0.25) is 0 Å². The summed E-state index contributed by atoms with van der Waals surface area (Å²) in [5, 5.41) is 7.20. The molecule has 1 aliphatic rings. The summed E-state index contributed by atoms with van der Waals surface area (Å²) in [6.45, 7) is 1.85. The van der Waals surface area contributed by atoms with Crippen LogP contribution in [0.25, 0.3) is 0 Å². The maximum Gasteiger partial charge on any atom is 0.292 e. The molecule has 0 saturated heterocycles. The van der Waals surface area contributed by atoms with E-state index in [1.165, 1.54) is 19.1 Å². The lowest BCUT2D eigenvalue weighted by atomic mass is 10.2. The summed E-state index contributed by atoms with van der Waals surface area (Å²) in [6, 6.07) is 4.01. The molecule has 1 aliphatic carbocycles. The Labute approximate surface area is 111 Å². The van der Waals surface area contributed by atoms with Crippen LogP contribution < -0.4 is 5.32 Å². The SMILES string of the molecule is Cc1ccoc1C(=O)Nc1ccnn1C1CCCC1. The maximum absolute atomic E-state index is 12.1. The second-order valence-electron chi connectivity index (χ2n) is 4.99. The lowest BCUT2D eigenvalue weighted by Gasteiger charge is -2.14. The molecule has 1 amide bonds. The fourth-order valence-electron chi connectivity index (χ4n) is 2.63. The molecule has 3 rings (SSSR count). The Bertz CT molecular complexity index is 579. The molecule has 0 spiro atoms. The smallest absolute Gasteiger partial charge is 0.292 e. The number of furan rings is 1. The van der Waals surface area contributed by atoms with Gasteiger partial charge in [-0.15, -0.1) is 0 Å². The van der Waals surface area contributed by atoms with Gasteiger partial charge in [-0.05, 0) is 25.8 Å². The number of carbonyl (C=O) groups excluding carboxylic acids is 1. The first-order valence-corrected chi connectivity index (χ1v) is 6.64. The zero-order valence-electron chi connectivity index (χ0n) is 10.9. The number of aryl methyl sites for hydroxylation is 1. The van der Waals surface area contributed by atoms with Gasteiger partial charge in [0.05, 0.1) is 18.5 Å². The minimum atomic E-state index is -0.220. The van der Waals surface area contributed by atoms with E-state index in [-0.39, 0.29) is 5.91 Å². The lowest BCUT2D eigenvalue weighted by Crippen LogP contribution is -2.17. The highest BCUT2D eigenvalue weighted by Crippen LogP contribution is 2.31. The number of nitrogens with one attached hydrogen (secondary N) is 1. The van der Waals surface area contributed by atoms with Crippen LogP contribution in [0.5, 0.6) is 0 Å². The van der Waals surface area contributed by atoms with Gasteiger partial charge in [0, 0.05) is 11.6 Å². The van der Waals surface area contributed by atoms with Crippen molar-refractivity contribution in [3.05, 3.63) is 35.9 Å². The Morgan fingerprint density at radius 1 is 1.42 bits per heavy atom. The third-order valence-corrected chi connectivity index (χ3v) is 3.65. The molecule has 19 heavy (non-hydrogen) atoms. The molecule has 5 heteroatoms. The van der Waals surface area contributed by atoms with E-state index in [9.17, 15) is 4.79 Å². The van der Waals surface area contributed by atoms with E-state index in [0.29, 0.717) is 11.8 Å². The van der Waals surface area contributed by atoms with Crippen molar-refractivity contribution in [2.45, 2.75) is 38.6 Å². The van der Waals surface area contributed by atoms with Gasteiger partial charge in [0.15, 0.2) is 5.76 Å². The zero-order valence-corrected chi connectivity index (χ0v) is 10.9. The van der Waals surface area contributed by atoms with Crippen LogP contribution in [0.4, 0.5) is 5.82 Å². The Hall–Kier alpha value is -2.04. The number of hydrogen-bond acceptors (Lipinski definition) is 3. The number of amides is 1. The van der Waals surface area contributed by atoms with Gasteiger partial charge in [-0.1, -0.05) is 12.8 Å². The van der Waals surface area contributed by atoms with Crippen LogP contribution in [0.15, 0.2) is 29.0 Å². The average molecular weight is 259 g/mol. The van der Waals surface area contributed by atoms with Crippen LogP contribution in [-0.4, -0.2) is 15.7 Å². The summed E-state index contributed by atoms with van der Waals surface area (Å²) < 4.78 is 7.12. The normalized spacial score (nSPS) is 15.8. The van der Waals surface area contributed by atoms with Crippen LogP contribution in [-0.2, 0) is 0 Å². The van der Waals surface area contributed by atoms with Crippen LogP contribution in [0.1, 0.15) is 47.8 Å². The quantitative estimate of drug-likeness (QED) is 0.921. The molecule has 2 heterocycles. The molecule has 2 aromatic heterocycles. The zero-order chi connectivity index (χ0) is 13.2. The fourth-order valence-corrected chi connectivity index (χ4v) is 2.63. The second kappa shape index (κ2) is 4.91. The molecule has 0 radical (unpaired) electrons. The highest BCUT2D eigenvalue weighted by Gasteiger charge is 2.21. The topological polar surface area (TPSA) is 60.1 Å². The maximum atomic E-state index is 12.1. The predicted octanol–water partition coefficient (Wildman–Crippen LogP) is 3.15. The minimum absolute atomic E-state index is 0.220. The van der Waals surface area contributed by atoms with Gasteiger partial charge in [-0.25, -0.2) is 4.68 Å². The van der Waals surface area contributed by atoms with Crippen LogP contribution in [0.3, 0.4) is 0 Å². The Balaban J connectivity index is 1.78. The van der Waals surface area contributed by atoms with Crippen molar-refractivity contribution in [2.24, 2.45) is 0 Å². The van der Waals surface area contributed by atoms with Crippen molar-refractivity contribution < 1.29 is 9.21 Å². The van der Waals surface area contributed by atoms with Gasteiger partial charge >= 0.3 is 0 Å². The predicted molar refractivity (Wildman–Crippen MR) is 71.1 cm³/mol. The van der Waals surface area contributed by atoms with Gasteiger partial charge in [0.1, 0.15) is 5.82 Å². The van der Waals surface area contributed by atoms with Gasteiger partial charge in [0.25, 0.3) is 5.91 Å². The van der Waals surface area contributed by atoms with Crippen molar-refractivity contribution in [1.29, 1.82) is 0 Å². The molecular weight excluding hydrogens is 242 g/mol. The molecular formula is C14H17N3O2. The summed E-state index contributed by atoms with van der Waals surface area (Å²) >= 11 is 0. The molecule has 0 bridgehead atoms. The van der Waals surface area contributed by atoms with Crippen molar-refractivity contribution in [3.63, 3.8) is 0 Å². The summed E-state index contributed by atoms with van der Waals surface area (Å²) in [4.78, 5) is 12.1. The largest absolute Gasteiger partial charge is 0.459 e. The molecule has 2 aromatic rings. The van der Waals surface area contributed by atoms with E-state index in [2.05, 4.69) is 10.4 Å². The Morgan fingerprint density at radius 2 is 2.21 bits per heavy atom. The molecule has 0 atom stereocenters. The van der Waals surface area contributed by atoms with Crippen molar-refractivity contribution in [2.75, 3.05) is 5.32 Å². The standard InChI is InChI=1S/C14H17N3O2/c1-10-7-9-19-13(10)14(18)16-12-6-8-15-17(12)11-4-2-3-5-11/h6-9,11H,2-5H2,1H3,(H,16,18). The van der Waals surface area contributed by atoms with Crippen LogP contribution >= 0.6 is 0 Å². The molecule has 1 fully saturated rings. The molecule has 0 aromatic carbocycles. The van der Waals surface area contributed by atoms with E-state index in [0.717, 1.165) is 24.2 Å². The second-order valence-corrected chi connectivity index (χ2v) is 4.99. The highest BCUT2D eigenvalue weighted by atomic mass is 16.3. The molecule has 1 saturated carbocycles. The van der Waals surface area contributed by atoms with E-state index in [4.69, 9.17) is 4.42 Å². The van der Waals surface area contributed by atoms with E-state index < -0.39 is 0 Å². The highest BCUT2D eigenvalue weighted by molar-refractivity contribution is 6.02. The van der Waals surface area contributed by atoms with Gasteiger partial charge in [-0.2, -0.15) is 5.10 Å². The van der Waals surface area contributed by atoms with Gasteiger partial charge < -0.3 is 9.73 Å². The first kappa shape index (κ1) is 12.0. The first-order valence-electron chi connectivity index (χ1n) is 6.64. The monoisotopic (exact) mass is 259 g/mol. The van der Waals surface area contributed by atoms with Crippen LogP contribution in [0, 0.1) is 6.92 Å². The Kier molecular flexibility index (Phi) is 3.11. The number of nitrogens with zero attached hydrogens (tertiary/aromatic N) is 2. The number of aromatic nitrogens is 2. The summed E-state index contributed by atoms with van der Waals surface area (Å²) in [6.07, 6.45) is 7.97.